The molecule has 1 aliphatic rings. The minimum absolute atomic E-state index is 0.236. The Labute approximate surface area is 161 Å². The van der Waals surface area contributed by atoms with Gasteiger partial charge in [-0.05, 0) is 37.6 Å². The third kappa shape index (κ3) is 5.63. The molecule has 1 fully saturated rings. The average molecular weight is 372 g/mol. The molecule has 0 amide bonds. The zero-order valence-electron chi connectivity index (χ0n) is 16.5. The molecule has 2 aromatic rings. The lowest BCUT2D eigenvalue weighted by Crippen LogP contribution is -2.47. The number of aromatic nitrogens is 2. The van der Waals surface area contributed by atoms with Crippen molar-refractivity contribution >= 4 is 5.82 Å². The maximum atomic E-state index is 12.9. The number of rotatable bonds is 7. The number of hydrogen-bond donors (Lipinski definition) is 0. The monoisotopic (exact) mass is 372 g/mol. The molecule has 0 aliphatic carbocycles. The molecule has 6 heteroatoms. The van der Waals surface area contributed by atoms with Crippen molar-refractivity contribution in [1.29, 1.82) is 0 Å². The van der Waals surface area contributed by atoms with E-state index in [1.807, 2.05) is 6.92 Å². The van der Waals surface area contributed by atoms with Gasteiger partial charge < -0.3 is 9.64 Å². The molecule has 146 valence electrons. The Morgan fingerprint density at radius 2 is 1.78 bits per heavy atom. The van der Waals surface area contributed by atoms with Crippen LogP contribution in [0.1, 0.15) is 37.7 Å². The Morgan fingerprint density at radius 1 is 1.07 bits per heavy atom. The summed E-state index contributed by atoms with van der Waals surface area (Å²) in [6.07, 6.45) is 0.960. The van der Waals surface area contributed by atoms with Crippen LogP contribution in [0.3, 0.4) is 0 Å². The van der Waals surface area contributed by atoms with E-state index in [1.165, 1.54) is 12.1 Å². The minimum atomic E-state index is -0.236. The van der Waals surface area contributed by atoms with Crippen molar-refractivity contribution in [3.63, 3.8) is 0 Å². The Hall–Kier alpha value is -2.21. The summed E-state index contributed by atoms with van der Waals surface area (Å²) in [5.41, 5.74) is 1.03. The van der Waals surface area contributed by atoms with Crippen LogP contribution >= 0.6 is 0 Å². The van der Waals surface area contributed by atoms with E-state index < -0.39 is 0 Å². The fourth-order valence-electron chi connectivity index (χ4n) is 3.20. The molecule has 0 radical (unpaired) electrons. The first-order valence-electron chi connectivity index (χ1n) is 9.72. The molecule has 0 atom stereocenters. The molecular formula is C21H29FN4O. The number of halogens is 1. The SMILES string of the molecule is Cc1cc(N2CCN(CCCOc3ccc(F)cc3)CC2)nc(C(C)C)n1. The third-order valence-electron chi connectivity index (χ3n) is 4.77. The molecule has 3 rings (SSSR count). The number of nitrogens with zero attached hydrogens (tertiary/aromatic N) is 4. The number of piperazine rings is 1. The zero-order valence-corrected chi connectivity index (χ0v) is 16.5. The first kappa shape index (κ1) is 19.5. The van der Waals surface area contributed by atoms with Crippen molar-refractivity contribution in [3.8, 4) is 5.75 Å². The molecule has 1 aliphatic heterocycles. The van der Waals surface area contributed by atoms with Crippen LogP contribution in [0.25, 0.3) is 0 Å². The standard InChI is InChI=1S/C21H29FN4O/c1-16(2)21-23-17(3)15-20(24-21)26-12-10-25(11-13-26)9-4-14-27-19-7-5-18(22)6-8-19/h5-8,15-16H,4,9-14H2,1-3H3. The summed E-state index contributed by atoms with van der Waals surface area (Å²) in [7, 11) is 0. The quantitative estimate of drug-likeness (QED) is 0.694. The van der Waals surface area contributed by atoms with E-state index in [-0.39, 0.29) is 5.82 Å². The lowest BCUT2D eigenvalue weighted by Gasteiger charge is -2.35. The van der Waals surface area contributed by atoms with Crippen LogP contribution in [0.2, 0.25) is 0 Å². The average Bonchev–Trinajstić information content (AvgIpc) is 2.66. The van der Waals surface area contributed by atoms with Gasteiger partial charge in [-0.1, -0.05) is 13.8 Å². The third-order valence-corrected chi connectivity index (χ3v) is 4.77. The Kier molecular flexibility index (Phi) is 6.61. The highest BCUT2D eigenvalue weighted by molar-refractivity contribution is 5.40. The van der Waals surface area contributed by atoms with Gasteiger partial charge in [0.25, 0.3) is 0 Å². The topological polar surface area (TPSA) is 41.5 Å². The minimum Gasteiger partial charge on any atom is -0.494 e. The summed E-state index contributed by atoms with van der Waals surface area (Å²) < 4.78 is 18.6. The number of benzene rings is 1. The lowest BCUT2D eigenvalue weighted by molar-refractivity contribution is 0.224. The molecule has 0 saturated carbocycles. The predicted molar refractivity (Wildman–Crippen MR) is 106 cm³/mol. The molecular weight excluding hydrogens is 343 g/mol. The maximum Gasteiger partial charge on any atom is 0.133 e. The van der Waals surface area contributed by atoms with Crippen LogP contribution in [0.15, 0.2) is 30.3 Å². The van der Waals surface area contributed by atoms with Crippen molar-refractivity contribution in [2.45, 2.75) is 33.1 Å². The second-order valence-corrected chi connectivity index (χ2v) is 7.37. The summed E-state index contributed by atoms with van der Waals surface area (Å²) in [5.74, 6) is 2.79. The second-order valence-electron chi connectivity index (χ2n) is 7.37. The fraction of sp³-hybridized carbons (Fsp3) is 0.524. The smallest absolute Gasteiger partial charge is 0.133 e. The van der Waals surface area contributed by atoms with Gasteiger partial charge in [0.15, 0.2) is 0 Å². The van der Waals surface area contributed by atoms with Gasteiger partial charge in [-0.2, -0.15) is 0 Å². The summed E-state index contributed by atoms with van der Waals surface area (Å²) in [4.78, 5) is 14.1. The highest BCUT2D eigenvalue weighted by atomic mass is 19.1. The van der Waals surface area contributed by atoms with E-state index in [0.29, 0.717) is 12.5 Å². The van der Waals surface area contributed by atoms with Crippen LogP contribution in [0, 0.1) is 12.7 Å². The van der Waals surface area contributed by atoms with Crippen molar-refractivity contribution < 1.29 is 9.13 Å². The number of ether oxygens (including phenoxy) is 1. The Bertz CT molecular complexity index is 727. The summed E-state index contributed by atoms with van der Waals surface area (Å²) >= 11 is 0. The predicted octanol–water partition coefficient (Wildman–Crippen LogP) is 3.64. The van der Waals surface area contributed by atoms with Gasteiger partial charge in [-0.15, -0.1) is 0 Å². The number of hydrogen-bond acceptors (Lipinski definition) is 5. The van der Waals surface area contributed by atoms with E-state index in [1.54, 1.807) is 12.1 Å². The van der Waals surface area contributed by atoms with Gasteiger partial charge in [-0.3, -0.25) is 4.90 Å². The fourth-order valence-corrected chi connectivity index (χ4v) is 3.20. The lowest BCUT2D eigenvalue weighted by atomic mass is 10.2. The Balaban J connectivity index is 1.42. The van der Waals surface area contributed by atoms with Crippen LogP contribution < -0.4 is 9.64 Å². The number of aryl methyl sites for hydroxylation is 1. The van der Waals surface area contributed by atoms with E-state index in [9.17, 15) is 4.39 Å². The van der Waals surface area contributed by atoms with Gasteiger partial charge in [0.2, 0.25) is 0 Å². The normalized spacial score (nSPS) is 15.4. The molecule has 0 unspecified atom stereocenters. The molecule has 27 heavy (non-hydrogen) atoms. The molecule has 1 aromatic heterocycles. The molecule has 0 N–H and O–H groups in total. The molecule has 0 spiro atoms. The summed E-state index contributed by atoms with van der Waals surface area (Å²) in [5, 5.41) is 0. The molecule has 2 heterocycles. The van der Waals surface area contributed by atoms with Gasteiger partial charge in [-0.25, -0.2) is 14.4 Å². The van der Waals surface area contributed by atoms with Crippen LogP contribution in [0.5, 0.6) is 5.75 Å². The van der Waals surface area contributed by atoms with Crippen LogP contribution in [0.4, 0.5) is 10.2 Å². The molecule has 5 nitrogen and oxygen atoms in total. The molecule has 0 bridgehead atoms. The maximum absolute atomic E-state index is 12.9. The number of anilines is 1. The van der Waals surface area contributed by atoms with Gasteiger partial charge >= 0.3 is 0 Å². The van der Waals surface area contributed by atoms with Gasteiger partial charge in [0.05, 0.1) is 6.61 Å². The van der Waals surface area contributed by atoms with E-state index in [4.69, 9.17) is 9.72 Å². The zero-order chi connectivity index (χ0) is 19.2. The van der Waals surface area contributed by atoms with E-state index in [2.05, 4.69) is 34.7 Å². The van der Waals surface area contributed by atoms with E-state index in [0.717, 1.165) is 62.2 Å². The van der Waals surface area contributed by atoms with Gasteiger partial charge in [0.1, 0.15) is 23.2 Å². The van der Waals surface area contributed by atoms with Gasteiger partial charge in [0, 0.05) is 50.4 Å². The summed E-state index contributed by atoms with van der Waals surface area (Å²) in [6, 6.07) is 8.27. The van der Waals surface area contributed by atoms with E-state index >= 15 is 0 Å². The van der Waals surface area contributed by atoms with Crippen molar-refractivity contribution in [2.24, 2.45) is 0 Å². The second kappa shape index (κ2) is 9.13. The van der Waals surface area contributed by atoms with Crippen LogP contribution in [-0.4, -0.2) is 54.2 Å². The summed E-state index contributed by atoms with van der Waals surface area (Å²) in [6.45, 7) is 12.0. The Morgan fingerprint density at radius 3 is 2.44 bits per heavy atom. The van der Waals surface area contributed by atoms with Crippen molar-refractivity contribution in [2.75, 3.05) is 44.2 Å². The van der Waals surface area contributed by atoms with Crippen molar-refractivity contribution in [1.82, 2.24) is 14.9 Å². The highest BCUT2D eigenvalue weighted by Gasteiger charge is 2.19. The molecule has 1 saturated heterocycles. The highest BCUT2D eigenvalue weighted by Crippen LogP contribution is 2.19. The molecule has 1 aromatic carbocycles. The largest absolute Gasteiger partial charge is 0.494 e. The van der Waals surface area contributed by atoms with Crippen LogP contribution in [-0.2, 0) is 0 Å². The first-order chi connectivity index (χ1) is 13.0. The first-order valence-corrected chi connectivity index (χ1v) is 9.72. The van der Waals surface area contributed by atoms with Crippen molar-refractivity contribution in [3.05, 3.63) is 47.7 Å².